The Balaban J connectivity index is 2.01. The molecule has 2 aromatic rings. The first-order valence-electron chi connectivity index (χ1n) is 5.68. The van der Waals surface area contributed by atoms with E-state index in [0.29, 0.717) is 17.1 Å². The van der Waals surface area contributed by atoms with Gasteiger partial charge in [0.2, 0.25) is 0 Å². The minimum Gasteiger partial charge on any atom is -0.397 e. The standard InChI is InChI=1S/C14H13N3OS/c15-11-8-4-5-9-12(11)17-14(19)13(18)16-10-6-2-1-3-7-10/h1-9H,15H2,(H,16,18)(H,17,19). The van der Waals surface area contributed by atoms with Crippen LogP contribution in [0.5, 0.6) is 0 Å². The number of hydrogen-bond donors (Lipinski definition) is 3. The van der Waals surface area contributed by atoms with E-state index in [0.717, 1.165) is 0 Å². The van der Waals surface area contributed by atoms with Crippen molar-refractivity contribution in [3.63, 3.8) is 0 Å². The van der Waals surface area contributed by atoms with Gasteiger partial charge < -0.3 is 16.4 Å². The third-order valence-corrected chi connectivity index (χ3v) is 2.73. The zero-order valence-electron chi connectivity index (χ0n) is 10.1. The number of para-hydroxylation sites is 3. The monoisotopic (exact) mass is 271 g/mol. The molecule has 0 saturated carbocycles. The van der Waals surface area contributed by atoms with E-state index in [9.17, 15) is 4.79 Å². The van der Waals surface area contributed by atoms with E-state index in [-0.39, 0.29) is 10.9 Å². The summed E-state index contributed by atoms with van der Waals surface area (Å²) in [5.74, 6) is -0.371. The van der Waals surface area contributed by atoms with Crippen LogP contribution in [0.1, 0.15) is 0 Å². The van der Waals surface area contributed by atoms with E-state index in [4.69, 9.17) is 18.0 Å². The van der Waals surface area contributed by atoms with E-state index in [1.165, 1.54) is 0 Å². The van der Waals surface area contributed by atoms with Crippen molar-refractivity contribution < 1.29 is 4.79 Å². The van der Waals surface area contributed by atoms with Crippen molar-refractivity contribution in [2.24, 2.45) is 0 Å². The Bertz CT molecular complexity index is 599. The molecule has 19 heavy (non-hydrogen) atoms. The van der Waals surface area contributed by atoms with Crippen LogP contribution >= 0.6 is 12.2 Å². The number of carbonyl (C=O) groups excluding carboxylic acids is 1. The number of rotatable bonds is 2. The van der Waals surface area contributed by atoms with Gasteiger partial charge in [-0.3, -0.25) is 4.79 Å². The van der Waals surface area contributed by atoms with Crippen LogP contribution in [0, 0.1) is 0 Å². The fraction of sp³-hybridized carbons (Fsp3) is 0. The highest BCUT2D eigenvalue weighted by Crippen LogP contribution is 2.17. The summed E-state index contributed by atoms with van der Waals surface area (Å²) >= 11 is 5.04. The highest BCUT2D eigenvalue weighted by atomic mass is 32.1. The molecule has 0 bridgehead atoms. The van der Waals surface area contributed by atoms with E-state index in [2.05, 4.69) is 10.6 Å². The normalized spacial score (nSPS) is 9.68. The van der Waals surface area contributed by atoms with Gasteiger partial charge in [-0.05, 0) is 24.3 Å². The molecular weight excluding hydrogens is 258 g/mol. The Morgan fingerprint density at radius 2 is 1.58 bits per heavy atom. The van der Waals surface area contributed by atoms with Crippen molar-refractivity contribution in [3.05, 3.63) is 54.6 Å². The number of nitrogens with two attached hydrogens (primary N) is 1. The minimum absolute atomic E-state index is 0.0711. The number of nitrogen functional groups attached to an aromatic ring is 1. The van der Waals surface area contributed by atoms with Gasteiger partial charge in [0.1, 0.15) is 0 Å². The number of anilines is 3. The molecule has 0 saturated heterocycles. The van der Waals surface area contributed by atoms with Gasteiger partial charge in [0.25, 0.3) is 5.91 Å². The Labute approximate surface area is 116 Å². The fourth-order valence-corrected chi connectivity index (χ4v) is 1.66. The zero-order chi connectivity index (χ0) is 13.7. The highest BCUT2D eigenvalue weighted by molar-refractivity contribution is 7.82. The topological polar surface area (TPSA) is 67.1 Å². The molecule has 4 N–H and O–H groups in total. The second kappa shape index (κ2) is 5.97. The lowest BCUT2D eigenvalue weighted by molar-refractivity contribution is -0.110. The van der Waals surface area contributed by atoms with E-state index in [1.54, 1.807) is 24.3 Å². The van der Waals surface area contributed by atoms with Crippen molar-refractivity contribution >= 4 is 40.2 Å². The van der Waals surface area contributed by atoms with Gasteiger partial charge in [-0.25, -0.2) is 0 Å². The molecule has 1 amide bonds. The molecule has 0 aliphatic heterocycles. The molecule has 0 atom stereocenters. The summed E-state index contributed by atoms with van der Waals surface area (Å²) < 4.78 is 0. The molecule has 2 rings (SSSR count). The maximum Gasteiger partial charge on any atom is 0.283 e. The van der Waals surface area contributed by atoms with E-state index < -0.39 is 0 Å². The summed E-state index contributed by atoms with van der Waals surface area (Å²) in [6.07, 6.45) is 0. The average molecular weight is 271 g/mol. The summed E-state index contributed by atoms with van der Waals surface area (Å²) in [4.78, 5) is 11.9. The quantitative estimate of drug-likeness (QED) is 0.580. The molecule has 0 aliphatic carbocycles. The first-order chi connectivity index (χ1) is 9.16. The van der Waals surface area contributed by atoms with Crippen LogP contribution in [0.25, 0.3) is 0 Å². The molecule has 0 aliphatic rings. The molecule has 4 nitrogen and oxygen atoms in total. The first-order valence-corrected chi connectivity index (χ1v) is 6.09. The second-order valence-corrected chi connectivity index (χ2v) is 4.27. The van der Waals surface area contributed by atoms with Gasteiger partial charge in [0.15, 0.2) is 4.99 Å². The Morgan fingerprint density at radius 1 is 0.947 bits per heavy atom. The van der Waals surface area contributed by atoms with Crippen LogP contribution in [0.2, 0.25) is 0 Å². The first kappa shape index (κ1) is 13.0. The number of thiocarbonyl (C=S) groups is 1. The molecule has 5 heteroatoms. The van der Waals surface area contributed by atoms with Crippen molar-refractivity contribution in [1.82, 2.24) is 0 Å². The van der Waals surface area contributed by atoms with Crippen LogP contribution in [0.3, 0.4) is 0 Å². The van der Waals surface area contributed by atoms with Crippen LogP contribution in [-0.2, 0) is 4.79 Å². The third-order valence-electron chi connectivity index (χ3n) is 2.45. The largest absolute Gasteiger partial charge is 0.397 e. The highest BCUT2D eigenvalue weighted by Gasteiger charge is 2.10. The molecule has 2 aromatic carbocycles. The van der Waals surface area contributed by atoms with Crippen molar-refractivity contribution in [2.45, 2.75) is 0 Å². The van der Waals surface area contributed by atoms with E-state index >= 15 is 0 Å². The zero-order valence-corrected chi connectivity index (χ0v) is 10.9. The minimum atomic E-state index is -0.371. The number of carbonyl (C=O) groups is 1. The Morgan fingerprint density at radius 3 is 2.26 bits per heavy atom. The fourth-order valence-electron chi connectivity index (χ4n) is 1.50. The van der Waals surface area contributed by atoms with Crippen molar-refractivity contribution in [1.29, 1.82) is 0 Å². The van der Waals surface area contributed by atoms with Crippen LogP contribution in [-0.4, -0.2) is 10.9 Å². The Kier molecular flexibility index (Phi) is 4.10. The lowest BCUT2D eigenvalue weighted by Crippen LogP contribution is -2.27. The van der Waals surface area contributed by atoms with Gasteiger partial charge in [0, 0.05) is 5.69 Å². The molecule has 0 aromatic heterocycles. The summed E-state index contributed by atoms with van der Waals surface area (Å²) in [6, 6.07) is 16.2. The van der Waals surface area contributed by atoms with Gasteiger partial charge in [-0.1, -0.05) is 42.5 Å². The van der Waals surface area contributed by atoms with Gasteiger partial charge in [-0.15, -0.1) is 0 Å². The van der Waals surface area contributed by atoms with Gasteiger partial charge in [-0.2, -0.15) is 0 Å². The molecular formula is C14H13N3OS. The van der Waals surface area contributed by atoms with Crippen molar-refractivity contribution in [2.75, 3.05) is 16.4 Å². The molecule has 0 radical (unpaired) electrons. The smallest absolute Gasteiger partial charge is 0.283 e. The predicted molar refractivity (Wildman–Crippen MR) is 82.1 cm³/mol. The lowest BCUT2D eigenvalue weighted by Gasteiger charge is -2.10. The van der Waals surface area contributed by atoms with Crippen molar-refractivity contribution in [3.8, 4) is 0 Å². The molecule has 0 spiro atoms. The van der Waals surface area contributed by atoms with Gasteiger partial charge in [0.05, 0.1) is 11.4 Å². The number of nitrogens with one attached hydrogen (secondary N) is 2. The van der Waals surface area contributed by atoms with Crippen LogP contribution < -0.4 is 16.4 Å². The number of benzene rings is 2. The summed E-state index contributed by atoms with van der Waals surface area (Å²) in [5, 5.41) is 5.52. The third kappa shape index (κ3) is 3.53. The summed E-state index contributed by atoms with van der Waals surface area (Å²) in [7, 11) is 0. The molecule has 0 heterocycles. The predicted octanol–water partition coefficient (Wildman–Crippen LogP) is 2.65. The SMILES string of the molecule is Nc1ccccc1NC(=S)C(=O)Nc1ccccc1. The maximum absolute atomic E-state index is 11.9. The molecule has 0 unspecified atom stereocenters. The maximum atomic E-state index is 11.9. The average Bonchev–Trinajstić information content (AvgIpc) is 2.42. The molecule has 0 fully saturated rings. The second-order valence-electron chi connectivity index (χ2n) is 3.86. The van der Waals surface area contributed by atoms with E-state index in [1.807, 2.05) is 30.3 Å². The summed E-state index contributed by atoms with van der Waals surface area (Å²) in [5.41, 5.74) is 7.62. The van der Waals surface area contributed by atoms with Crippen LogP contribution in [0.4, 0.5) is 17.1 Å². The number of amides is 1. The number of hydrogen-bond acceptors (Lipinski definition) is 3. The molecule has 96 valence electrons. The lowest BCUT2D eigenvalue weighted by atomic mass is 10.2. The van der Waals surface area contributed by atoms with Crippen LogP contribution in [0.15, 0.2) is 54.6 Å². The summed E-state index contributed by atoms with van der Waals surface area (Å²) in [6.45, 7) is 0. The Hall–Kier alpha value is -2.40. The van der Waals surface area contributed by atoms with Gasteiger partial charge >= 0.3 is 0 Å².